The second-order valence-electron chi connectivity index (χ2n) is 6.27. The van der Waals surface area contributed by atoms with E-state index in [4.69, 9.17) is 27.9 Å². The number of amides is 1. The van der Waals surface area contributed by atoms with E-state index in [9.17, 15) is 9.90 Å². The van der Waals surface area contributed by atoms with Gasteiger partial charge in [-0.15, -0.1) is 0 Å². The summed E-state index contributed by atoms with van der Waals surface area (Å²) in [5.74, 6) is -0.529. The Balaban J connectivity index is 1.81. The zero-order valence-electron chi connectivity index (χ0n) is 13.2. The van der Waals surface area contributed by atoms with Crippen LogP contribution in [0, 0.1) is 5.92 Å². The topological polar surface area (TPSA) is 58.6 Å². The summed E-state index contributed by atoms with van der Waals surface area (Å²) >= 11 is 12.2. The second kappa shape index (κ2) is 6.28. The molecule has 0 fully saturated rings. The quantitative estimate of drug-likeness (QED) is 0.855. The molecule has 1 heterocycles. The van der Waals surface area contributed by atoms with E-state index >= 15 is 0 Å². The van der Waals surface area contributed by atoms with Gasteiger partial charge in [-0.05, 0) is 32.1 Å². The van der Waals surface area contributed by atoms with Crippen LogP contribution in [0.15, 0.2) is 54.0 Å². The minimum Gasteiger partial charge on any atom is -0.491 e. The average molecular weight is 366 g/mol. The normalized spacial score (nSPS) is 22.4. The molecule has 1 aromatic rings. The van der Waals surface area contributed by atoms with Crippen LogP contribution in [0.2, 0.25) is 10.0 Å². The van der Waals surface area contributed by atoms with E-state index in [0.717, 1.165) is 5.57 Å². The Morgan fingerprint density at radius 1 is 1.29 bits per heavy atom. The van der Waals surface area contributed by atoms with E-state index in [1.165, 1.54) is 0 Å². The minimum absolute atomic E-state index is 0.132. The Morgan fingerprint density at radius 3 is 2.58 bits per heavy atom. The highest BCUT2D eigenvalue weighted by Crippen LogP contribution is 2.38. The Kier molecular flexibility index (Phi) is 4.47. The number of benzene rings is 1. The molecular formula is C18H17Cl2NO3. The maximum absolute atomic E-state index is 12.6. The third kappa shape index (κ3) is 3.09. The molecule has 1 aliphatic heterocycles. The molecule has 2 aliphatic rings. The van der Waals surface area contributed by atoms with Crippen LogP contribution < -0.4 is 5.32 Å². The van der Waals surface area contributed by atoms with Crippen molar-refractivity contribution in [2.24, 2.45) is 5.92 Å². The molecule has 2 N–H and O–H groups in total. The summed E-state index contributed by atoms with van der Waals surface area (Å²) < 4.78 is 5.68. The monoisotopic (exact) mass is 365 g/mol. The SMILES string of the molecule is CC(C)(O)C1=COC2C(NC(=O)c3c(Cl)cccc3Cl)=CC=CC12. The predicted octanol–water partition coefficient (Wildman–Crippen LogP) is 3.85. The standard InChI is InChI=1S/C18H17Cl2NO3/c1-18(2,23)11-9-24-16-10(11)5-3-8-14(16)21-17(22)15-12(19)6-4-7-13(15)20/h3-10,16,23H,1-2H3,(H,21,22). The molecular weight excluding hydrogens is 349 g/mol. The Labute approximate surface area is 150 Å². The van der Waals surface area contributed by atoms with Crippen molar-refractivity contribution < 1.29 is 14.6 Å². The van der Waals surface area contributed by atoms with E-state index in [1.807, 2.05) is 12.2 Å². The Hall–Kier alpha value is -1.75. The molecule has 24 heavy (non-hydrogen) atoms. The first-order valence-corrected chi connectivity index (χ1v) is 8.27. The van der Waals surface area contributed by atoms with Crippen LogP contribution in [0.25, 0.3) is 0 Å². The van der Waals surface area contributed by atoms with Gasteiger partial charge < -0.3 is 15.2 Å². The molecule has 0 spiro atoms. The van der Waals surface area contributed by atoms with Gasteiger partial charge in [0.15, 0.2) is 0 Å². The number of hydrogen-bond donors (Lipinski definition) is 2. The van der Waals surface area contributed by atoms with Crippen molar-refractivity contribution in [3.05, 3.63) is 69.6 Å². The van der Waals surface area contributed by atoms with Crippen molar-refractivity contribution in [1.82, 2.24) is 5.32 Å². The second-order valence-corrected chi connectivity index (χ2v) is 7.09. The molecule has 0 saturated heterocycles. The summed E-state index contributed by atoms with van der Waals surface area (Å²) in [6.45, 7) is 3.41. The van der Waals surface area contributed by atoms with Crippen LogP contribution in [0.4, 0.5) is 0 Å². The zero-order chi connectivity index (χ0) is 17.5. The molecule has 0 aromatic heterocycles. The highest BCUT2D eigenvalue weighted by atomic mass is 35.5. The molecule has 0 saturated carbocycles. The van der Waals surface area contributed by atoms with E-state index in [1.54, 1.807) is 44.4 Å². The maximum Gasteiger partial charge on any atom is 0.258 e. The minimum atomic E-state index is -0.998. The van der Waals surface area contributed by atoms with Crippen LogP contribution in [0.3, 0.4) is 0 Å². The molecule has 1 aromatic carbocycles. The number of ether oxygens (including phenoxy) is 1. The summed E-state index contributed by atoms with van der Waals surface area (Å²) in [6.07, 6.45) is 6.72. The van der Waals surface area contributed by atoms with Gasteiger partial charge in [0.1, 0.15) is 6.10 Å². The van der Waals surface area contributed by atoms with Crippen LogP contribution in [0.5, 0.6) is 0 Å². The van der Waals surface area contributed by atoms with Gasteiger partial charge in [0, 0.05) is 11.5 Å². The van der Waals surface area contributed by atoms with Gasteiger partial charge in [-0.2, -0.15) is 0 Å². The molecule has 0 radical (unpaired) electrons. The fourth-order valence-corrected chi connectivity index (χ4v) is 3.46. The van der Waals surface area contributed by atoms with Gasteiger partial charge in [-0.3, -0.25) is 4.79 Å². The number of hydrogen-bond acceptors (Lipinski definition) is 3. The van der Waals surface area contributed by atoms with E-state index < -0.39 is 11.5 Å². The molecule has 126 valence electrons. The maximum atomic E-state index is 12.6. The fraction of sp³-hybridized carbons (Fsp3) is 0.278. The predicted molar refractivity (Wildman–Crippen MR) is 93.9 cm³/mol. The molecule has 6 heteroatoms. The summed E-state index contributed by atoms with van der Waals surface area (Å²) in [5, 5.41) is 13.6. The van der Waals surface area contributed by atoms with Gasteiger partial charge in [0.25, 0.3) is 5.91 Å². The van der Waals surface area contributed by atoms with Crippen LogP contribution in [-0.4, -0.2) is 22.7 Å². The van der Waals surface area contributed by atoms with Gasteiger partial charge in [0.05, 0.1) is 33.2 Å². The molecule has 1 amide bonds. The molecule has 0 bridgehead atoms. The fourth-order valence-electron chi connectivity index (χ4n) is 2.89. The number of halogens is 2. The Morgan fingerprint density at radius 2 is 1.96 bits per heavy atom. The number of carbonyl (C=O) groups excluding carboxylic acids is 1. The average Bonchev–Trinajstić information content (AvgIpc) is 2.92. The first kappa shape index (κ1) is 17.1. The third-order valence-corrected chi connectivity index (χ3v) is 4.71. The molecule has 4 nitrogen and oxygen atoms in total. The van der Waals surface area contributed by atoms with E-state index in [2.05, 4.69) is 5.32 Å². The largest absolute Gasteiger partial charge is 0.491 e. The van der Waals surface area contributed by atoms with Crippen molar-refractivity contribution in [2.75, 3.05) is 0 Å². The van der Waals surface area contributed by atoms with Gasteiger partial charge >= 0.3 is 0 Å². The summed E-state index contributed by atoms with van der Waals surface area (Å²) in [4.78, 5) is 12.6. The smallest absolute Gasteiger partial charge is 0.258 e. The Bertz CT molecular complexity index is 755. The lowest BCUT2D eigenvalue weighted by Gasteiger charge is -2.28. The lowest BCUT2D eigenvalue weighted by molar-refractivity contribution is 0.0937. The number of nitrogens with one attached hydrogen (secondary N) is 1. The summed E-state index contributed by atoms with van der Waals surface area (Å²) in [5.41, 5.74) is 0.585. The van der Waals surface area contributed by atoms with Gasteiger partial charge in [0.2, 0.25) is 0 Å². The number of rotatable bonds is 3. The number of fused-ring (bicyclic) bond motifs is 1. The van der Waals surface area contributed by atoms with Gasteiger partial charge in [-0.25, -0.2) is 0 Å². The molecule has 2 unspecified atom stereocenters. The number of aliphatic hydroxyl groups is 1. The number of allylic oxidation sites excluding steroid dienone is 2. The highest BCUT2D eigenvalue weighted by Gasteiger charge is 2.40. The number of carbonyl (C=O) groups is 1. The molecule has 2 atom stereocenters. The highest BCUT2D eigenvalue weighted by molar-refractivity contribution is 6.39. The summed E-state index contributed by atoms with van der Waals surface area (Å²) in [7, 11) is 0. The van der Waals surface area contributed by atoms with E-state index in [0.29, 0.717) is 5.70 Å². The lowest BCUT2D eigenvalue weighted by Crippen LogP contribution is -2.37. The third-order valence-electron chi connectivity index (χ3n) is 4.08. The summed E-state index contributed by atoms with van der Waals surface area (Å²) in [6, 6.07) is 4.90. The lowest BCUT2D eigenvalue weighted by atomic mass is 9.82. The molecule has 3 rings (SSSR count). The van der Waals surface area contributed by atoms with Crippen molar-refractivity contribution in [3.63, 3.8) is 0 Å². The van der Waals surface area contributed by atoms with Crippen LogP contribution in [-0.2, 0) is 4.74 Å². The first-order chi connectivity index (χ1) is 11.3. The van der Waals surface area contributed by atoms with Gasteiger partial charge in [-0.1, -0.05) is 41.4 Å². The van der Waals surface area contributed by atoms with Crippen LogP contribution >= 0.6 is 23.2 Å². The zero-order valence-corrected chi connectivity index (χ0v) is 14.7. The van der Waals surface area contributed by atoms with E-state index in [-0.39, 0.29) is 27.6 Å². The van der Waals surface area contributed by atoms with Crippen molar-refractivity contribution in [3.8, 4) is 0 Å². The molecule has 1 aliphatic carbocycles. The van der Waals surface area contributed by atoms with Crippen LogP contribution in [0.1, 0.15) is 24.2 Å². The first-order valence-electron chi connectivity index (χ1n) is 7.51. The van der Waals surface area contributed by atoms with Crippen molar-refractivity contribution >= 4 is 29.1 Å². The van der Waals surface area contributed by atoms with Crippen molar-refractivity contribution in [2.45, 2.75) is 25.6 Å². The van der Waals surface area contributed by atoms with Crippen molar-refractivity contribution in [1.29, 1.82) is 0 Å².